The molecule has 0 amide bonds. The zero-order valence-corrected chi connectivity index (χ0v) is 10.6. The Kier molecular flexibility index (Phi) is 2.89. The maximum atomic E-state index is 6.26. The maximum absolute atomic E-state index is 6.26. The lowest BCUT2D eigenvalue weighted by Crippen LogP contribution is -2.19. The fourth-order valence-electron chi connectivity index (χ4n) is 2.63. The van der Waals surface area contributed by atoms with E-state index in [-0.39, 0.29) is 0 Å². The first-order valence-electron chi connectivity index (χ1n) is 6.09. The lowest BCUT2D eigenvalue weighted by Gasteiger charge is -2.24. The second kappa shape index (κ2) is 4.39. The predicted octanol–water partition coefficient (Wildman–Crippen LogP) is 2.84. The van der Waals surface area contributed by atoms with Gasteiger partial charge in [-0.3, -0.25) is 0 Å². The van der Waals surface area contributed by atoms with E-state index in [4.69, 9.17) is 21.1 Å². The first-order chi connectivity index (χ1) is 8.27. The van der Waals surface area contributed by atoms with Crippen LogP contribution in [0, 0.1) is 6.92 Å². The number of hydrogen-bond acceptors (Lipinski definition) is 3. The SMILES string of the molecule is Cc1c(C2CCCN2)cc(Cl)c2c1OCCO2. The Hall–Kier alpha value is -0.930. The number of benzene rings is 1. The van der Waals surface area contributed by atoms with Crippen molar-refractivity contribution < 1.29 is 9.47 Å². The summed E-state index contributed by atoms with van der Waals surface area (Å²) in [5.74, 6) is 1.53. The van der Waals surface area contributed by atoms with Gasteiger partial charge in [0.15, 0.2) is 11.5 Å². The van der Waals surface area contributed by atoms with Crippen molar-refractivity contribution in [1.29, 1.82) is 0 Å². The number of rotatable bonds is 1. The Bertz CT molecular complexity index is 442. The Morgan fingerprint density at radius 1 is 1.29 bits per heavy atom. The molecule has 17 heavy (non-hydrogen) atoms. The number of ether oxygens (including phenoxy) is 2. The topological polar surface area (TPSA) is 30.5 Å². The third kappa shape index (κ3) is 1.87. The molecular formula is C13H16ClNO2. The largest absolute Gasteiger partial charge is 0.486 e. The minimum absolute atomic E-state index is 0.406. The molecule has 1 fully saturated rings. The smallest absolute Gasteiger partial charge is 0.180 e. The summed E-state index contributed by atoms with van der Waals surface area (Å²) in [5, 5.41) is 4.15. The van der Waals surface area contributed by atoms with Crippen LogP contribution in [0.4, 0.5) is 0 Å². The predicted molar refractivity (Wildman–Crippen MR) is 67.2 cm³/mol. The summed E-state index contributed by atoms with van der Waals surface area (Å²) in [6, 6.07) is 2.43. The lowest BCUT2D eigenvalue weighted by atomic mass is 9.98. The van der Waals surface area contributed by atoms with Gasteiger partial charge >= 0.3 is 0 Å². The third-order valence-electron chi connectivity index (χ3n) is 3.49. The molecule has 1 aromatic carbocycles. The van der Waals surface area contributed by atoms with Crippen molar-refractivity contribution in [2.24, 2.45) is 0 Å². The van der Waals surface area contributed by atoms with Gasteiger partial charge in [-0.1, -0.05) is 11.6 Å². The average Bonchev–Trinajstić information content (AvgIpc) is 2.87. The summed E-state index contributed by atoms with van der Waals surface area (Å²) < 4.78 is 11.3. The van der Waals surface area contributed by atoms with E-state index in [0.717, 1.165) is 24.3 Å². The monoisotopic (exact) mass is 253 g/mol. The van der Waals surface area contributed by atoms with Gasteiger partial charge in [0.2, 0.25) is 0 Å². The highest BCUT2D eigenvalue weighted by Crippen LogP contribution is 2.44. The summed E-state index contributed by atoms with van der Waals surface area (Å²) in [4.78, 5) is 0. The standard InChI is InChI=1S/C13H16ClNO2/c1-8-9(11-3-2-4-15-11)7-10(14)13-12(8)16-5-6-17-13/h7,11,15H,2-6H2,1H3. The van der Waals surface area contributed by atoms with Gasteiger partial charge in [-0.2, -0.15) is 0 Å². The molecule has 1 unspecified atom stereocenters. The molecule has 4 heteroatoms. The van der Waals surface area contributed by atoms with Gasteiger partial charge in [-0.15, -0.1) is 0 Å². The second-order valence-electron chi connectivity index (χ2n) is 4.58. The van der Waals surface area contributed by atoms with Crippen molar-refractivity contribution in [3.05, 3.63) is 22.2 Å². The lowest BCUT2D eigenvalue weighted by molar-refractivity contribution is 0.170. The summed E-state index contributed by atoms with van der Waals surface area (Å²) in [5.41, 5.74) is 2.40. The Labute approximate surface area is 106 Å². The zero-order chi connectivity index (χ0) is 11.8. The molecule has 3 nitrogen and oxygen atoms in total. The molecule has 0 aliphatic carbocycles. The molecule has 0 spiro atoms. The van der Waals surface area contributed by atoms with E-state index in [1.54, 1.807) is 0 Å². The number of nitrogens with one attached hydrogen (secondary N) is 1. The number of hydrogen-bond donors (Lipinski definition) is 1. The highest BCUT2D eigenvalue weighted by molar-refractivity contribution is 6.32. The molecule has 1 aromatic rings. The summed E-state index contributed by atoms with van der Waals surface area (Å²) in [6.45, 7) is 4.34. The zero-order valence-electron chi connectivity index (χ0n) is 9.88. The van der Waals surface area contributed by atoms with Crippen LogP contribution in [0.5, 0.6) is 11.5 Å². The van der Waals surface area contributed by atoms with E-state index in [1.807, 2.05) is 6.07 Å². The molecule has 1 saturated heterocycles. The summed E-state index contributed by atoms with van der Waals surface area (Å²) >= 11 is 6.26. The van der Waals surface area contributed by atoms with Gasteiger partial charge in [0, 0.05) is 6.04 Å². The Balaban J connectivity index is 2.07. The molecule has 0 bridgehead atoms. The molecule has 0 saturated carbocycles. The van der Waals surface area contributed by atoms with Gasteiger partial charge in [-0.05, 0) is 43.5 Å². The minimum Gasteiger partial charge on any atom is -0.486 e. The fourth-order valence-corrected chi connectivity index (χ4v) is 2.89. The van der Waals surface area contributed by atoms with Gasteiger partial charge < -0.3 is 14.8 Å². The van der Waals surface area contributed by atoms with Crippen LogP contribution in [0.15, 0.2) is 6.07 Å². The van der Waals surface area contributed by atoms with Crippen molar-refractivity contribution >= 4 is 11.6 Å². The van der Waals surface area contributed by atoms with E-state index in [9.17, 15) is 0 Å². The number of fused-ring (bicyclic) bond motifs is 1. The van der Waals surface area contributed by atoms with Gasteiger partial charge in [0.1, 0.15) is 13.2 Å². The fraction of sp³-hybridized carbons (Fsp3) is 0.538. The van der Waals surface area contributed by atoms with Gasteiger partial charge in [0.05, 0.1) is 5.02 Å². The first-order valence-corrected chi connectivity index (χ1v) is 6.47. The molecule has 2 aliphatic rings. The van der Waals surface area contributed by atoms with Crippen LogP contribution in [-0.4, -0.2) is 19.8 Å². The number of halogens is 1. The second-order valence-corrected chi connectivity index (χ2v) is 4.98. The Morgan fingerprint density at radius 3 is 2.76 bits per heavy atom. The third-order valence-corrected chi connectivity index (χ3v) is 3.77. The van der Waals surface area contributed by atoms with Crippen LogP contribution in [0.25, 0.3) is 0 Å². The molecule has 0 radical (unpaired) electrons. The van der Waals surface area contributed by atoms with E-state index in [2.05, 4.69) is 12.2 Å². The van der Waals surface area contributed by atoms with Crippen molar-refractivity contribution in [1.82, 2.24) is 5.32 Å². The minimum atomic E-state index is 0.406. The molecule has 2 aliphatic heterocycles. The van der Waals surface area contributed by atoms with Crippen LogP contribution < -0.4 is 14.8 Å². The van der Waals surface area contributed by atoms with E-state index in [0.29, 0.717) is 30.0 Å². The van der Waals surface area contributed by atoms with Crippen LogP contribution in [0.2, 0.25) is 5.02 Å². The molecule has 92 valence electrons. The highest BCUT2D eigenvalue weighted by Gasteiger charge is 2.25. The van der Waals surface area contributed by atoms with Crippen molar-refractivity contribution in [2.45, 2.75) is 25.8 Å². The van der Waals surface area contributed by atoms with Gasteiger partial charge in [0.25, 0.3) is 0 Å². The normalized spacial score (nSPS) is 22.8. The Morgan fingerprint density at radius 2 is 2.06 bits per heavy atom. The first kappa shape index (κ1) is 11.2. The molecule has 3 rings (SSSR count). The van der Waals surface area contributed by atoms with Crippen LogP contribution in [-0.2, 0) is 0 Å². The van der Waals surface area contributed by atoms with Crippen LogP contribution in [0.3, 0.4) is 0 Å². The van der Waals surface area contributed by atoms with Crippen molar-refractivity contribution in [2.75, 3.05) is 19.8 Å². The molecule has 1 atom stereocenters. The van der Waals surface area contributed by atoms with E-state index >= 15 is 0 Å². The summed E-state index contributed by atoms with van der Waals surface area (Å²) in [6.07, 6.45) is 2.38. The maximum Gasteiger partial charge on any atom is 0.180 e. The van der Waals surface area contributed by atoms with Crippen LogP contribution >= 0.6 is 11.6 Å². The van der Waals surface area contributed by atoms with E-state index < -0.39 is 0 Å². The average molecular weight is 254 g/mol. The van der Waals surface area contributed by atoms with Gasteiger partial charge in [-0.25, -0.2) is 0 Å². The molecule has 2 heterocycles. The van der Waals surface area contributed by atoms with E-state index in [1.165, 1.54) is 12.0 Å². The molecular weight excluding hydrogens is 238 g/mol. The highest BCUT2D eigenvalue weighted by atomic mass is 35.5. The van der Waals surface area contributed by atoms with Crippen molar-refractivity contribution in [3.8, 4) is 11.5 Å². The molecule has 0 aromatic heterocycles. The quantitative estimate of drug-likeness (QED) is 0.835. The van der Waals surface area contributed by atoms with Crippen molar-refractivity contribution in [3.63, 3.8) is 0 Å². The summed E-state index contributed by atoms with van der Waals surface area (Å²) in [7, 11) is 0. The van der Waals surface area contributed by atoms with Crippen LogP contribution in [0.1, 0.15) is 30.0 Å². The molecule has 1 N–H and O–H groups in total.